The number of aromatic amines is 1. The third kappa shape index (κ3) is 8.46. The van der Waals surface area contributed by atoms with E-state index in [1.54, 1.807) is 6.20 Å². The van der Waals surface area contributed by atoms with Gasteiger partial charge < -0.3 is 5.32 Å². The summed E-state index contributed by atoms with van der Waals surface area (Å²) in [5.74, 6) is 1.66. The Bertz CT molecular complexity index is 1090. The first-order valence-corrected chi connectivity index (χ1v) is 12.6. The number of aromatic nitrogens is 5. The van der Waals surface area contributed by atoms with Gasteiger partial charge >= 0.3 is 0 Å². The van der Waals surface area contributed by atoms with E-state index >= 15 is 0 Å². The minimum atomic E-state index is 0.249. The summed E-state index contributed by atoms with van der Waals surface area (Å²) in [6.07, 6.45) is 15.5. The van der Waals surface area contributed by atoms with Crippen LogP contribution in [0.25, 0.3) is 11.4 Å². The zero-order valence-corrected chi connectivity index (χ0v) is 22.5. The molecule has 6 nitrogen and oxygen atoms in total. The number of nitrogens with one attached hydrogen (secondary N) is 2. The van der Waals surface area contributed by atoms with E-state index < -0.39 is 0 Å². The number of anilines is 1. The molecule has 2 aromatic rings. The van der Waals surface area contributed by atoms with Gasteiger partial charge in [-0.3, -0.25) is 10.1 Å². The van der Waals surface area contributed by atoms with Gasteiger partial charge in [0.2, 0.25) is 0 Å². The standard InChI is InChI=1S/C26H34N6.C3H8/c1-7-8-20-12-22(9-10-23(20)17(2)3)31-26-24(18(4)5)15-29-30-16-28-25(32-26)21-11-19(6)13-27-14-21;1-3-2/h7-8,11,13-16,18,22,29H,2,9-10,12H2,1,3-6H3,(H,28,30,31,32);3H2,1-2H3/b8-7-,24-15?;. The molecule has 0 fully saturated rings. The quantitative estimate of drug-likeness (QED) is 0.449. The number of aryl methyl sites for hydroxylation is 1. The van der Waals surface area contributed by atoms with Crippen molar-refractivity contribution in [3.63, 3.8) is 0 Å². The molecule has 2 N–H and O–H groups in total. The van der Waals surface area contributed by atoms with Gasteiger partial charge in [0.25, 0.3) is 0 Å². The van der Waals surface area contributed by atoms with Crippen LogP contribution in [-0.4, -0.2) is 31.2 Å². The number of allylic oxidation sites excluding steroid dienone is 4. The van der Waals surface area contributed by atoms with Gasteiger partial charge in [0.15, 0.2) is 5.82 Å². The Hall–Kier alpha value is -3.28. The van der Waals surface area contributed by atoms with E-state index in [1.807, 2.05) is 25.4 Å². The van der Waals surface area contributed by atoms with E-state index in [-0.39, 0.29) is 12.0 Å². The maximum atomic E-state index is 4.99. The molecule has 0 bridgehead atoms. The summed E-state index contributed by atoms with van der Waals surface area (Å²) in [6, 6.07) is 2.31. The normalized spacial score (nSPS) is 15.5. The van der Waals surface area contributed by atoms with Crippen molar-refractivity contribution in [1.29, 1.82) is 0 Å². The van der Waals surface area contributed by atoms with Crippen molar-refractivity contribution >= 4 is 5.82 Å². The molecule has 0 aromatic carbocycles. The van der Waals surface area contributed by atoms with Gasteiger partial charge in [-0.25, -0.2) is 9.97 Å². The first-order chi connectivity index (χ1) is 16.8. The Morgan fingerprint density at radius 3 is 2.66 bits per heavy atom. The second-order valence-electron chi connectivity index (χ2n) is 9.37. The average Bonchev–Trinajstić information content (AvgIpc) is 2.90. The summed E-state index contributed by atoms with van der Waals surface area (Å²) < 4.78 is 0. The molecule has 188 valence electrons. The largest absolute Gasteiger partial charge is 0.367 e. The van der Waals surface area contributed by atoms with Crippen molar-refractivity contribution < 1.29 is 0 Å². The number of nitrogens with zero attached hydrogens (tertiary/aromatic N) is 4. The van der Waals surface area contributed by atoms with Crippen molar-refractivity contribution in [2.24, 2.45) is 0 Å². The summed E-state index contributed by atoms with van der Waals surface area (Å²) in [6.45, 7) is 18.9. The van der Waals surface area contributed by atoms with Crippen LogP contribution in [-0.2, 0) is 0 Å². The van der Waals surface area contributed by atoms with Gasteiger partial charge in [0.1, 0.15) is 12.1 Å². The topological polar surface area (TPSA) is 79.4 Å². The van der Waals surface area contributed by atoms with Crippen LogP contribution in [0.15, 0.2) is 66.4 Å². The van der Waals surface area contributed by atoms with Crippen LogP contribution in [0.1, 0.15) is 84.3 Å². The lowest BCUT2D eigenvalue weighted by molar-refractivity contribution is 0.610. The van der Waals surface area contributed by atoms with E-state index in [4.69, 9.17) is 4.98 Å². The van der Waals surface area contributed by atoms with Crippen molar-refractivity contribution in [3.8, 4) is 11.4 Å². The molecule has 1 atom stereocenters. The monoisotopic (exact) mass is 474 g/mol. The summed E-state index contributed by atoms with van der Waals surface area (Å²) in [4.78, 5) is 13.8. The third-order valence-corrected chi connectivity index (χ3v) is 5.60. The second kappa shape index (κ2) is 14.2. The summed E-state index contributed by atoms with van der Waals surface area (Å²) in [5, 5.41) is 10.9. The number of hydrogen-bond donors (Lipinski definition) is 2. The van der Waals surface area contributed by atoms with Gasteiger partial charge in [-0.2, -0.15) is 5.10 Å². The van der Waals surface area contributed by atoms with Gasteiger partial charge in [-0.1, -0.05) is 58.4 Å². The summed E-state index contributed by atoms with van der Waals surface area (Å²) >= 11 is 0. The average molecular weight is 475 g/mol. The van der Waals surface area contributed by atoms with Crippen molar-refractivity contribution in [2.75, 3.05) is 5.32 Å². The molecule has 0 saturated heterocycles. The number of pyridine rings is 1. The SMILES string of the molecule is C=C(C)C1=C(/C=C\C)CC(Nc2nc(-c3cncc(C)c3)ncn[nH]cc2C(C)C)CC1.CCC. The number of rotatable bonds is 6. The highest BCUT2D eigenvalue weighted by Gasteiger charge is 2.22. The molecule has 1 unspecified atom stereocenters. The Labute approximate surface area is 211 Å². The highest BCUT2D eigenvalue weighted by molar-refractivity contribution is 5.57. The van der Waals surface area contributed by atoms with Crippen molar-refractivity contribution in [1.82, 2.24) is 25.1 Å². The molecular formula is C29H42N6. The fourth-order valence-corrected chi connectivity index (χ4v) is 4.01. The van der Waals surface area contributed by atoms with Crippen LogP contribution in [0.4, 0.5) is 5.82 Å². The minimum absolute atomic E-state index is 0.249. The highest BCUT2D eigenvalue weighted by atomic mass is 15.1. The number of H-pyrrole nitrogens is 1. The van der Waals surface area contributed by atoms with Crippen LogP contribution in [0, 0.1) is 6.92 Å². The van der Waals surface area contributed by atoms with Gasteiger partial charge in [0, 0.05) is 35.8 Å². The van der Waals surface area contributed by atoms with Crippen LogP contribution < -0.4 is 5.32 Å². The predicted octanol–water partition coefficient (Wildman–Crippen LogP) is 7.65. The Kier molecular flexibility index (Phi) is 11.3. The lowest BCUT2D eigenvalue weighted by Gasteiger charge is -2.28. The van der Waals surface area contributed by atoms with Gasteiger partial charge in [0.05, 0.1) is 0 Å². The lowest BCUT2D eigenvalue weighted by atomic mass is 9.85. The fraction of sp³-hybridized carbons (Fsp3) is 0.448. The molecule has 0 radical (unpaired) electrons. The second-order valence-corrected chi connectivity index (χ2v) is 9.37. The first kappa shape index (κ1) is 28.0. The number of hydrogen-bond acceptors (Lipinski definition) is 5. The molecule has 1 aliphatic rings. The molecular weight excluding hydrogens is 432 g/mol. The van der Waals surface area contributed by atoms with E-state index in [9.17, 15) is 0 Å². The Morgan fingerprint density at radius 2 is 2.03 bits per heavy atom. The first-order valence-electron chi connectivity index (χ1n) is 12.6. The molecule has 35 heavy (non-hydrogen) atoms. The molecule has 0 aliphatic heterocycles. The summed E-state index contributed by atoms with van der Waals surface area (Å²) in [7, 11) is 0. The molecule has 3 rings (SSSR count). The molecule has 0 spiro atoms. The Morgan fingerprint density at radius 1 is 1.29 bits per heavy atom. The smallest absolute Gasteiger partial charge is 0.164 e. The van der Waals surface area contributed by atoms with Crippen LogP contribution in [0.3, 0.4) is 0 Å². The van der Waals surface area contributed by atoms with Crippen molar-refractivity contribution in [2.45, 2.75) is 86.1 Å². The van der Waals surface area contributed by atoms with Crippen molar-refractivity contribution in [3.05, 3.63) is 77.6 Å². The maximum absolute atomic E-state index is 4.99. The maximum Gasteiger partial charge on any atom is 0.164 e. The van der Waals surface area contributed by atoms with E-state index in [0.29, 0.717) is 5.82 Å². The van der Waals surface area contributed by atoms with Gasteiger partial charge in [-0.05, 0) is 68.7 Å². The zero-order chi connectivity index (χ0) is 25.8. The van der Waals surface area contributed by atoms with Crippen LogP contribution in [0.2, 0.25) is 0 Å². The molecule has 0 saturated carbocycles. The van der Waals surface area contributed by atoms with Crippen LogP contribution >= 0.6 is 0 Å². The van der Waals surface area contributed by atoms with E-state index in [1.165, 1.54) is 23.9 Å². The fourth-order valence-electron chi connectivity index (χ4n) is 4.01. The predicted molar refractivity (Wildman–Crippen MR) is 148 cm³/mol. The summed E-state index contributed by atoms with van der Waals surface area (Å²) in [5.41, 5.74) is 6.86. The molecule has 1 aliphatic carbocycles. The highest BCUT2D eigenvalue weighted by Crippen LogP contribution is 2.33. The zero-order valence-electron chi connectivity index (χ0n) is 22.5. The molecule has 2 aromatic heterocycles. The van der Waals surface area contributed by atoms with Gasteiger partial charge in [-0.15, -0.1) is 0 Å². The van der Waals surface area contributed by atoms with Crippen LogP contribution in [0.5, 0.6) is 0 Å². The minimum Gasteiger partial charge on any atom is -0.367 e. The van der Waals surface area contributed by atoms with E-state index in [0.717, 1.165) is 47.3 Å². The lowest BCUT2D eigenvalue weighted by Crippen LogP contribution is -2.25. The molecule has 2 heterocycles. The van der Waals surface area contributed by atoms with E-state index in [2.05, 4.69) is 85.8 Å². The molecule has 0 amide bonds. The third-order valence-electron chi connectivity index (χ3n) is 5.60. The molecule has 6 heteroatoms. The Balaban J connectivity index is 0.00000137.